The molecule has 0 spiro atoms. The number of aliphatic hydroxyl groups is 1. The summed E-state index contributed by atoms with van der Waals surface area (Å²) in [5.41, 5.74) is 2.50. The zero-order valence-corrected chi connectivity index (χ0v) is 12.8. The highest BCUT2D eigenvalue weighted by atomic mass is 16.3. The number of rotatable bonds is 5. The Morgan fingerprint density at radius 2 is 1.95 bits per heavy atom. The second-order valence-electron chi connectivity index (χ2n) is 5.44. The summed E-state index contributed by atoms with van der Waals surface area (Å²) in [6.45, 7) is 6.71. The predicted molar refractivity (Wildman–Crippen MR) is 81.7 cm³/mol. The number of aryl methyl sites for hydroxylation is 2. The fraction of sp³-hybridized carbons (Fsp3) is 0.412. The first-order chi connectivity index (χ1) is 10.00. The summed E-state index contributed by atoms with van der Waals surface area (Å²) in [7, 11) is 0. The van der Waals surface area contributed by atoms with Crippen LogP contribution in [0.15, 0.2) is 30.3 Å². The van der Waals surface area contributed by atoms with E-state index in [4.69, 9.17) is 5.26 Å². The Kier molecular flexibility index (Phi) is 4.44. The van der Waals surface area contributed by atoms with E-state index in [1.807, 2.05) is 23.7 Å². The standard InChI is InChI=1S/C17H21N3O/c1-4-15-10-16(20(5-2)19-15)11-17(3,21)14-8-6-13(12-18)7-9-14/h6-10,21H,4-5,11H2,1-3H3. The molecule has 4 heteroatoms. The lowest BCUT2D eigenvalue weighted by Crippen LogP contribution is -2.25. The van der Waals surface area contributed by atoms with Gasteiger partial charge in [-0.3, -0.25) is 4.68 Å². The molecule has 1 heterocycles. The second kappa shape index (κ2) is 6.11. The molecule has 1 atom stereocenters. The van der Waals surface area contributed by atoms with Gasteiger partial charge in [0.25, 0.3) is 0 Å². The minimum absolute atomic E-state index is 0.500. The molecule has 0 aliphatic carbocycles. The Morgan fingerprint density at radius 3 is 2.48 bits per heavy atom. The van der Waals surface area contributed by atoms with Crippen LogP contribution in [-0.2, 0) is 25.0 Å². The van der Waals surface area contributed by atoms with E-state index < -0.39 is 5.60 Å². The van der Waals surface area contributed by atoms with Gasteiger partial charge in [-0.2, -0.15) is 10.4 Å². The van der Waals surface area contributed by atoms with Crippen LogP contribution >= 0.6 is 0 Å². The van der Waals surface area contributed by atoms with Crippen LogP contribution in [0.25, 0.3) is 0 Å². The van der Waals surface area contributed by atoms with Crippen molar-refractivity contribution in [3.8, 4) is 6.07 Å². The number of hydrogen-bond acceptors (Lipinski definition) is 3. The zero-order valence-electron chi connectivity index (χ0n) is 12.8. The lowest BCUT2D eigenvalue weighted by Gasteiger charge is -2.24. The molecule has 0 saturated carbocycles. The Balaban J connectivity index is 2.27. The van der Waals surface area contributed by atoms with E-state index in [0.717, 1.165) is 29.9 Å². The van der Waals surface area contributed by atoms with Crippen LogP contribution in [0, 0.1) is 11.3 Å². The van der Waals surface area contributed by atoms with Gasteiger partial charge in [0.2, 0.25) is 0 Å². The Bertz CT molecular complexity index is 648. The van der Waals surface area contributed by atoms with Gasteiger partial charge < -0.3 is 5.11 Å². The van der Waals surface area contributed by atoms with Crippen molar-refractivity contribution in [1.29, 1.82) is 5.26 Å². The van der Waals surface area contributed by atoms with Crippen molar-refractivity contribution in [2.75, 3.05) is 0 Å². The van der Waals surface area contributed by atoms with Crippen LogP contribution in [0.1, 0.15) is 43.3 Å². The topological polar surface area (TPSA) is 61.8 Å². The average molecular weight is 283 g/mol. The molecule has 0 aliphatic rings. The molecule has 1 unspecified atom stereocenters. The molecule has 0 saturated heterocycles. The maximum Gasteiger partial charge on any atom is 0.0991 e. The molecular weight excluding hydrogens is 262 g/mol. The smallest absolute Gasteiger partial charge is 0.0991 e. The highest BCUT2D eigenvalue weighted by molar-refractivity contribution is 5.34. The Morgan fingerprint density at radius 1 is 1.29 bits per heavy atom. The van der Waals surface area contributed by atoms with Crippen LogP contribution in [0.3, 0.4) is 0 Å². The van der Waals surface area contributed by atoms with Gasteiger partial charge in [0.05, 0.1) is 22.9 Å². The molecule has 2 aromatic rings. The number of nitrogens with zero attached hydrogens (tertiary/aromatic N) is 3. The molecule has 0 bridgehead atoms. The number of hydrogen-bond donors (Lipinski definition) is 1. The van der Waals surface area contributed by atoms with E-state index in [2.05, 4.69) is 24.2 Å². The third-order valence-corrected chi connectivity index (χ3v) is 3.74. The van der Waals surface area contributed by atoms with E-state index in [0.29, 0.717) is 12.0 Å². The summed E-state index contributed by atoms with van der Waals surface area (Å²) in [5, 5.41) is 24.1. The normalized spacial score (nSPS) is 13.7. The lowest BCUT2D eigenvalue weighted by molar-refractivity contribution is 0.0554. The van der Waals surface area contributed by atoms with Crippen molar-refractivity contribution < 1.29 is 5.11 Å². The van der Waals surface area contributed by atoms with Crippen molar-refractivity contribution in [3.63, 3.8) is 0 Å². The third-order valence-electron chi connectivity index (χ3n) is 3.74. The highest BCUT2D eigenvalue weighted by Crippen LogP contribution is 2.26. The number of benzene rings is 1. The van der Waals surface area contributed by atoms with Crippen molar-refractivity contribution in [3.05, 3.63) is 52.8 Å². The van der Waals surface area contributed by atoms with Crippen LogP contribution < -0.4 is 0 Å². The van der Waals surface area contributed by atoms with E-state index in [9.17, 15) is 5.11 Å². The molecule has 0 radical (unpaired) electrons. The number of nitriles is 1. The molecule has 21 heavy (non-hydrogen) atoms. The molecule has 110 valence electrons. The molecule has 1 aromatic carbocycles. The van der Waals surface area contributed by atoms with E-state index >= 15 is 0 Å². The maximum absolute atomic E-state index is 10.8. The third kappa shape index (κ3) is 3.32. The van der Waals surface area contributed by atoms with Gasteiger partial charge in [-0.05, 0) is 44.0 Å². The van der Waals surface area contributed by atoms with Crippen molar-refractivity contribution >= 4 is 0 Å². The largest absolute Gasteiger partial charge is 0.385 e. The fourth-order valence-corrected chi connectivity index (χ4v) is 2.46. The van der Waals surface area contributed by atoms with Gasteiger partial charge in [-0.25, -0.2) is 0 Å². The van der Waals surface area contributed by atoms with Crippen LogP contribution in [-0.4, -0.2) is 14.9 Å². The number of aromatic nitrogens is 2. The lowest BCUT2D eigenvalue weighted by atomic mass is 9.90. The summed E-state index contributed by atoms with van der Waals surface area (Å²) in [4.78, 5) is 0. The van der Waals surface area contributed by atoms with Crippen molar-refractivity contribution in [1.82, 2.24) is 9.78 Å². The zero-order chi connectivity index (χ0) is 15.5. The summed E-state index contributed by atoms with van der Waals surface area (Å²) in [6, 6.07) is 11.2. The van der Waals surface area contributed by atoms with E-state index in [-0.39, 0.29) is 0 Å². The summed E-state index contributed by atoms with van der Waals surface area (Å²) in [6.07, 6.45) is 1.39. The summed E-state index contributed by atoms with van der Waals surface area (Å²) < 4.78 is 1.94. The Labute approximate surface area is 125 Å². The summed E-state index contributed by atoms with van der Waals surface area (Å²) >= 11 is 0. The van der Waals surface area contributed by atoms with Gasteiger partial charge >= 0.3 is 0 Å². The molecule has 1 aromatic heterocycles. The molecule has 4 nitrogen and oxygen atoms in total. The maximum atomic E-state index is 10.8. The minimum Gasteiger partial charge on any atom is -0.385 e. The minimum atomic E-state index is -0.980. The summed E-state index contributed by atoms with van der Waals surface area (Å²) in [5.74, 6) is 0. The molecular formula is C17H21N3O. The van der Waals surface area contributed by atoms with Crippen molar-refractivity contribution in [2.45, 2.75) is 45.8 Å². The fourth-order valence-electron chi connectivity index (χ4n) is 2.46. The molecule has 1 N–H and O–H groups in total. The highest BCUT2D eigenvalue weighted by Gasteiger charge is 2.25. The van der Waals surface area contributed by atoms with Gasteiger partial charge in [-0.1, -0.05) is 19.1 Å². The van der Waals surface area contributed by atoms with Crippen molar-refractivity contribution in [2.24, 2.45) is 0 Å². The van der Waals surface area contributed by atoms with Gasteiger partial charge in [0.15, 0.2) is 0 Å². The first-order valence-corrected chi connectivity index (χ1v) is 7.28. The van der Waals surface area contributed by atoms with Gasteiger partial charge in [-0.15, -0.1) is 0 Å². The van der Waals surface area contributed by atoms with E-state index in [1.54, 1.807) is 19.1 Å². The molecule has 0 fully saturated rings. The first-order valence-electron chi connectivity index (χ1n) is 7.28. The van der Waals surface area contributed by atoms with Crippen LogP contribution in [0.5, 0.6) is 0 Å². The second-order valence-corrected chi connectivity index (χ2v) is 5.44. The quantitative estimate of drug-likeness (QED) is 0.917. The van der Waals surface area contributed by atoms with Crippen LogP contribution in [0.4, 0.5) is 0 Å². The average Bonchev–Trinajstić information content (AvgIpc) is 2.88. The molecule has 2 rings (SSSR count). The molecule has 0 aliphatic heterocycles. The van der Waals surface area contributed by atoms with Gasteiger partial charge in [0.1, 0.15) is 0 Å². The predicted octanol–water partition coefficient (Wildman–Crippen LogP) is 2.79. The SMILES string of the molecule is CCc1cc(CC(C)(O)c2ccc(C#N)cc2)n(CC)n1. The first kappa shape index (κ1) is 15.3. The Hall–Kier alpha value is -2.12. The van der Waals surface area contributed by atoms with Gasteiger partial charge in [0, 0.05) is 18.7 Å². The van der Waals surface area contributed by atoms with E-state index in [1.165, 1.54) is 0 Å². The van der Waals surface area contributed by atoms with Crippen LogP contribution in [0.2, 0.25) is 0 Å². The molecule has 0 amide bonds. The monoisotopic (exact) mass is 283 g/mol.